The molecule has 0 amide bonds. The van der Waals surface area contributed by atoms with Crippen molar-refractivity contribution in [2.75, 3.05) is 56.9 Å². The molecule has 0 aromatic heterocycles. The molecule has 180 valence electrons. The number of hydrogen-bond acceptors (Lipinski definition) is 11. The van der Waals surface area contributed by atoms with Gasteiger partial charge in [0.1, 0.15) is 11.1 Å². The summed E-state index contributed by atoms with van der Waals surface area (Å²) >= 11 is 0. The van der Waals surface area contributed by atoms with E-state index in [4.69, 9.17) is 42.6 Å². The number of methoxy groups -OCH3 is 8. The van der Waals surface area contributed by atoms with Gasteiger partial charge in [0.05, 0.1) is 56.9 Å². The summed E-state index contributed by atoms with van der Waals surface area (Å²) in [6, 6.07) is 2.62. The second kappa shape index (κ2) is 11.0. The van der Waals surface area contributed by atoms with Gasteiger partial charge in [-0.25, -0.2) is 9.59 Å². The maximum atomic E-state index is 13.0. The van der Waals surface area contributed by atoms with Crippen molar-refractivity contribution in [3.8, 4) is 46.0 Å². The van der Waals surface area contributed by atoms with E-state index < -0.39 is 11.9 Å². The van der Waals surface area contributed by atoms with Crippen molar-refractivity contribution in [1.82, 2.24) is 0 Å². The average Bonchev–Trinajstić information content (AvgIpc) is 2.85. The van der Waals surface area contributed by atoms with Crippen LogP contribution in [0.15, 0.2) is 12.1 Å². The van der Waals surface area contributed by atoms with E-state index in [-0.39, 0.29) is 57.1 Å². The predicted molar refractivity (Wildman–Crippen MR) is 115 cm³/mol. The van der Waals surface area contributed by atoms with Gasteiger partial charge in [-0.3, -0.25) is 0 Å². The Labute approximate surface area is 190 Å². The molecule has 0 spiro atoms. The second-order valence-electron chi connectivity index (χ2n) is 6.13. The first-order valence-corrected chi connectivity index (χ1v) is 9.37. The van der Waals surface area contributed by atoms with Gasteiger partial charge in [0.2, 0.25) is 23.0 Å². The third-order valence-electron chi connectivity index (χ3n) is 4.60. The van der Waals surface area contributed by atoms with Crippen LogP contribution in [0.5, 0.6) is 46.0 Å². The molecule has 0 saturated heterocycles. The lowest BCUT2D eigenvalue weighted by atomic mass is 10.1. The van der Waals surface area contributed by atoms with E-state index in [1.165, 1.54) is 69.0 Å². The zero-order chi connectivity index (χ0) is 24.7. The van der Waals surface area contributed by atoms with Crippen LogP contribution in [0.4, 0.5) is 0 Å². The maximum Gasteiger partial charge on any atom is 0.350 e. The summed E-state index contributed by atoms with van der Waals surface area (Å²) in [5.74, 6) is -1.18. The Morgan fingerprint density at radius 3 is 1.00 bits per heavy atom. The summed E-state index contributed by atoms with van der Waals surface area (Å²) in [5, 5.41) is 0. The van der Waals surface area contributed by atoms with Crippen LogP contribution in [0.25, 0.3) is 0 Å². The van der Waals surface area contributed by atoms with E-state index in [2.05, 4.69) is 0 Å². The van der Waals surface area contributed by atoms with Gasteiger partial charge in [-0.05, 0) is 0 Å². The van der Waals surface area contributed by atoms with Gasteiger partial charge < -0.3 is 42.6 Å². The summed E-state index contributed by atoms with van der Waals surface area (Å²) in [6.07, 6.45) is 0. The Morgan fingerprint density at radius 2 is 0.758 bits per heavy atom. The highest BCUT2D eigenvalue weighted by Gasteiger charge is 2.31. The molecule has 11 nitrogen and oxygen atoms in total. The third-order valence-corrected chi connectivity index (χ3v) is 4.60. The van der Waals surface area contributed by atoms with Crippen molar-refractivity contribution >= 4 is 11.9 Å². The number of esters is 2. The Kier molecular flexibility index (Phi) is 8.43. The molecule has 0 unspecified atom stereocenters. The Balaban J connectivity index is 2.58. The number of ether oxygens (including phenoxy) is 9. The van der Waals surface area contributed by atoms with Gasteiger partial charge in [0.25, 0.3) is 0 Å². The molecule has 33 heavy (non-hydrogen) atoms. The fourth-order valence-corrected chi connectivity index (χ4v) is 3.16. The summed E-state index contributed by atoms with van der Waals surface area (Å²) in [4.78, 5) is 25.9. The van der Waals surface area contributed by atoms with Crippen LogP contribution >= 0.6 is 0 Å². The monoisotopic (exact) mass is 466 g/mol. The van der Waals surface area contributed by atoms with E-state index in [1.807, 2.05) is 0 Å². The van der Waals surface area contributed by atoms with Crippen molar-refractivity contribution in [2.45, 2.75) is 0 Å². The summed E-state index contributed by atoms with van der Waals surface area (Å²) in [5.41, 5.74) is -0.265. The van der Waals surface area contributed by atoms with Crippen LogP contribution in [0, 0.1) is 0 Å². The highest BCUT2D eigenvalue weighted by Crippen LogP contribution is 2.48. The van der Waals surface area contributed by atoms with Crippen LogP contribution in [-0.4, -0.2) is 68.8 Å². The molecular weight excluding hydrogens is 440 g/mol. The molecule has 0 fully saturated rings. The molecule has 0 N–H and O–H groups in total. The van der Waals surface area contributed by atoms with Gasteiger partial charge in [0, 0.05) is 12.1 Å². The van der Waals surface area contributed by atoms with Gasteiger partial charge in [-0.2, -0.15) is 0 Å². The topological polar surface area (TPSA) is 117 Å². The van der Waals surface area contributed by atoms with Crippen LogP contribution in [0.2, 0.25) is 0 Å². The van der Waals surface area contributed by atoms with E-state index in [0.717, 1.165) is 0 Å². The van der Waals surface area contributed by atoms with Gasteiger partial charge in [0.15, 0.2) is 23.0 Å². The normalized spacial score (nSPS) is 10.1. The molecule has 2 aromatic rings. The molecule has 0 bridgehead atoms. The minimum atomic E-state index is -1.04. The lowest BCUT2D eigenvalue weighted by molar-refractivity contribution is 0.0392. The Hall–Kier alpha value is -4.02. The molecule has 0 saturated carbocycles. The molecule has 11 heteroatoms. The first-order chi connectivity index (χ1) is 15.9. The zero-order valence-electron chi connectivity index (χ0n) is 19.6. The SMILES string of the molecule is COc1cc(C(=O)OC(=O)c2cc(OC)c(OC)c(OC)c2OC)c(OC)c(OC)c1OC. The van der Waals surface area contributed by atoms with E-state index in [1.54, 1.807) is 0 Å². The first-order valence-electron chi connectivity index (χ1n) is 9.37. The van der Waals surface area contributed by atoms with Crippen molar-refractivity contribution in [3.05, 3.63) is 23.3 Å². The number of carbonyl (C=O) groups excluding carboxylic acids is 2. The standard InChI is InChI=1S/C22H26O11/c1-25-13-9-11(15(27-3)19(31-7)17(13)29-5)21(23)33-22(24)12-10-14(26-2)18(30-6)20(32-8)16(12)28-4/h9-10H,1-8H3. The largest absolute Gasteiger partial charge is 0.493 e. The average molecular weight is 466 g/mol. The molecular formula is C22H26O11. The van der Waals surface area contributed by atoms with E-state index in [0.29, 0.717) is 0 Å². The second-order valence-corrected chi connectivity index (χ2v) is 6.13. The Bertz CT molecular complexity index is 948. The fourth-order valence-electron chi connectivity index (χ4n) is 3.16. The first kappa shape index (κ1) is 25.2. The maximum absolute atomic E-state index is 13.0. The number of benzene rings is 2. The highest BCUT2D eigenvalue weighted by atomic mass is 16.6. The molecule has 0 aliphatic carbocycles. The van der Waals surface area contributed by atoms with Crippen LogP contribution in [-0.2, 0) is 4.74 Å². The van der Waals surface area contributed by atoms with Crippen LogP contribution in [0.3, 0.4) is 0 Å². The Morgan fingerprint density at radius 1 is 0.455 bits per heavy atom. The number of carbonyl (C=O) groups is 2. The third kappa shape index (κ3) is 4.61. The minimum absolute atomic E-state index is 0.00944. The summed E-state index contributed by atoms with van der Waals surface area (Å²) in [6.45, 7) is 0. The van der Waals surface area contributed by atoms with Crippen molar-refractivity contribution < 1.29 is 52.2 Å². The molecule has 0 aliphatic heterocycles. The summed E-state index contributed by atoms with van der Waals surface area (Å²) in [7, 11) is 10.9. The molecule has 2 rings (SSSR count). The van der Waals surface area contributed by atoms with Crippen LogP contribution < -0.4 is 37.9 Å². The number of hydrogen-bond donors (Lipinski definition) is 0. The van der Waals surface area contributed by atoms with E-state index in [9.17, 15) is 9.59 Å². The minimum Gasteiger partial charge on any atom is -0.493 e. The predicted octanol–water partition coefficient (Wildman–Crippen LogP) is 2.75. The zero-order valence-corrected chi connectivity index (χ0v) is 19.6. The fraction of sp³-hybridized carbons (Fsp3) is 0.364. The molecule has 0 radical (unpaired) electrons. The number of rotatable bonds is 10. The van der Waals surface area contributed by atoms with Gasteiger partial charge >= 0.3 is 11.9 Å². The van der Waals surface area contributed by atoms with Crippen LogP contribution in [0.1, 0.15) is 20.7 Å². The summed E-state index contributed by atoms with van der Waals surface area (Å²) < 4.78 is 47.5. The van der Waals surface area contributed by atoms with Crippen molar-refractivity contribution in [2.24, 2.45) is 0 Å². The lowest BCUT2D eigenvalue weighted by Crippen LogP contribution is -2.16. The molecule has 0 atom stereocenters. The highest BCUT2D eigenvalue weighted by molar-refractivity contribution is 6.06. The molecule has 0 aliphatic rings. The quantitative estimate of drug-likeness (QED) is 0.380. The lowest BCUT2D eigenvalue weighted by Gasteiger charge is -2.19. The molecule has 2 aromatic carbocycles. The smallest absolute Gasteiger partial charge is 0.350 e. The van der Waals surface area contributed by atoms with Gasteiger partial charge in [-0.1, -0.05) is 0 Å². The van der Waals surface area contributed by atoms with Gasteiger partial charge in [-0.15, -0.1) is 0 Å². The van der Waals surface area contributed by atoms with E-state index >= 15 is 0 Å². The van der Waals surface area contributed by atoms with Crippen molar-refractivity contribution in [3.63, 3.8) is 0 Å². The van der Waals surface area contributed by atoms with Crippen molar-refractivity contribution in [1.29, 1.82) is 0 Å². The molecule has 0 heterocycles.